The van der Waals surface area contributed by atoms with Crippen molar-refractivity contribution in [1.82, 2.24) is 4.90 Å². The molecule has 2 unspecified atom stereocenters. The minimum absolute atomic E-state index is 0.153. The van der Waals surface area contributed by atoms with Gasteiger partial charge in [0.1, 0.15) is 0 Å². The van der Waals surface area contributed by atoms with Gasteiger partial charge in [-0.1, -0.05) is 76.6 Å². The molecule has 1 fully saturated rings. The Bertz CT molecular complexity index is 643. The number of carbonyl (C=O) groups excluding carboxylic acids is 1. The summed E-state index contributed by atoms with van der Waals surface area (Å²) in [5, 5.41) is 0. The van der Waals surface area contributed by atoms with E-state index in [1.807, 2.05) is 48.5 Å². The number of hydrogen-bond acceptors (Lipinski definition) is 2. The highest BCUT2D eigenvalue weighted by atomic mass is 79.9. The van der Waals surface area contributed by atoms with Gasteiger partial charge in [-0.05, 0) is 25.6 Å². The van der Waals surface area contributed by atoms with Crippen molar-refractivity contribution < 1.29 is 4.79 Å². The largest absolute Gasteiger partial charge is 0.306 e. The molecule has 0 amide bonds. The number of likely N-dealkylation sites (tertiary alicyclic amines) is 1. The normalized spacial score (nSPS) is 25.8. The summed E-state index contributed by atoms with van der Waals surface area (Å²) < 4.78 is -0.526. The van der Waals surface area contributed by atoms with Crippen LogP contribution in [0.3, 0.4) is 0 Å². The Morgan fingerprint density at radius 1 is 1.09 bits per heavy atom. The number of rotatable bonds is 3. The first kappa shape index (κ1) is 15.4. The Kier molecular flexibility index (Phi) is 4.46. The molecule has 3 rings (SSSR count). The molecule has 1 heterocycles. The van der Waals surface area contributed by atoms with Gasteiger partial charge < -0.3 is 4.90 Å². The lowest BCUT2D eigenvalue weighted by Crippen LogP contribution is -2.50. The van der Waals surface area contributed by atoms with Crippen LogP contribution in [0.2, 0.25) is 0 Å². The minimum Gasteiger partial charge on any atom is -0.306 e. The molecule has 0 radical (unpaired) electrons. The Morgan fingerprint density at radius 2 is 1.68 bits per heavy atom. The Morgan fingerprint density at radius 3 is 2.32 bits per heavy atom. The van der Waals surface area contributed by atoms with Crippen LogP contribution in [0, 0.1) is 0 Å². The number of nitrogens with zero attached hydrogens (tertiary/aromatic N) is 1. The molecule has 1 saturated heterocycles. The first-order valence-electron chi connectivity index (χ1n) is 7.63. The molecular formula is C19H20BrNO. The van der Waals surface area contributed by atoms with E-state index in [1.54, 1.807) is 0 Å². The van der Waals surface area contributed by atoms with Gasteiger partial charge in [0.25, 0.3) is 0 Å². The second kappa shape index (κ2) is 6.35. The number of alkyl halides is 1. The summed E-state index contributed by atoms with van der Waals surface area (Å²) in [6.45, 7) is 1.81. The Hall–Kier alpha value is -1.45. The predicted octanol–water partition coefficient (Wildman–Crippen LogP) is 4.12. The summed E-state index contributed by atoms with van der Waals surface area (Å²) in [7, 11) is 2.12. The Labute approximate surface area is 140 Å². The van der Waals surface area contributed by atoms with Crippen LogP contribution in [0.4, 0.5) is 0 Å². The van der Waals surface area contributed by atoms with Crippen molar-refractivity contribution in [1.29, 1.82) is 0 Å². The molecule has 1 aliphatic rings. The SMILES string of the molecule is CN1CCC(Br)(C(=O)c2ccccc2)C(c2ccccc2)C1. The number of Topliss-reactive ketones (excluding diaryl/α,β-unsaturated/α-hetero) is 1. The summed E-state index contributed by atoms with van der Waals surface area (Å²) in [6.07, 6.45) is 0.816. The van der Waals surface area contributed by atoms with Crippen molar-refractivity contribution in [2.24, 2.45) is 0 Å². The highest BCUT2D eigenvalue weighted by Crippen LogP contribution is 2.44. The zero-order chi connectivity index (χ0) is 15.6. The third-order valence-electron chi connectivity index (χ3n) is 4.52. The number of halogens is 1. The van der Waals surface area contributed by atoms with Gasteiger partial charge in [0.05, 0.1) is 4.32 Å². The second-order valence-electron chi connectivity index (χ2n) is 6.03. The maximum absolute atomic E-state index is 13.1. The van der Waals surface area contributed by atoms with Gasteiger partial charge in [0.15, 0.2) is 5.78 Å². The molecule has 2 nitrogen and oxygen atoms in total. The van der Waals surface area contributed by atoms with E-state index in [0.717, 1.165) is 25.1 Å². The van der Waals surface area contributed by atoms with Gasteiger partial charge in [0.2, 0.25) is 0 Å². The summed E-state index contributed by atoms with van der Waals surface area (Å²) in [4.78, 5) is 15.4. The van der Waals surface area contributed by atoms with Crippen molar-refractivity contribution in [3.8, 4) is 0 Å². The first-order valence-corrected chi connectivity index (χ1v) is 8.43. The molecule has 2 aromatic carbocycles. The van der Waals surface area contributed by atoms with Crippen molar-refractivity contribution in [2.45, 2.75) is 16.7 Å². The Balaban J connectivity index is 1.99. The average molecular weight is 358 g/mol. The smallest absolute Gasteiger partial charge is 0.180 e. The molecule has 2 atom stereocenters. The molecule has 2 aromatic rings. The molecule has 0 aliphatic carbocycles. The zero-order valence-corrected chi connectivity index (χ0v) is 14.3. The van der Waals surface area contributed by atoms with Gasteiger partial charge >= 0.3 is 0 Å². The van der Waals surface area contributed by atoms with Crippen LogP contribution < -0.4 is 0 Å². The van der Waals surface area contributed by atoms with E-state index in [-0.39, 0.29) is 11.7 Å². The molecule has 22 heavy (non-hydrogen) atoms. The van der Waals surface area contributed by atoms with Crippen molar-refractivity contribution in [3.63, 3.8) is 0 Å². The quantitative estimate of drug-likeness (QED) is 0.608. The van der Waals surface area contributed by atoms with E-state index < -0.39 is 4.32 Å². The summed E-state index contributed by atoms with van der Waals surface area (Å²) in [5.74, 6) is 0.343. The first-order chi connectivity index (χ1) is 10.6. The number of benzene rings is 2. The van der Waals surface area contributed by atoms with Crippen LogP contribution in [-0.2, 0) is 0 Å². The lowest BCUT2D eigenvalue weighted by molar-refractivity contribution is 0.0874. The lowest BCUT2D eigenvalue weighted by Gasteiger charge is -2.42. The fourth-order valence-corrected chi connectivity index (χ4v) is 4.05. The molecule has 0 aromatic heterocycles. The lowest BCUT2D eigenvalue weighted by atomic mass is 9.76. The van der Waals surface area contributed by atoms with E-state index in [0.29, 0.717) is 0 Å². The zero-order valence-electron chi connectivity index (χ0n) is 12.7. The fourth-order valence-electron chi connectivity index (χ4n) is 3.23. The number of likely N-dealkylation sites (N-methyl/N-ethyl adjacent to an activating group) is 1. The average Bonchev–Trinajstić information content (AvgIpc) is 2.58. The summed E-state index contributed by atoms with van der Waals surface area (Å²) in [6, 6.07) is 20.0. The molecule has 0 N–H and O–H groups in total. The second-order valence-corrected chi connectivity index (χ2v) is 7.45. The predicted molar refractivity (Wildman–Crippen MR) is 93.7 cm³/mol. The third-order valence-corrected chi connectivity index (χ3v) is 5.83. The van der Waals surface area contributed by atoms with Crippen LogP contribution >= 0.6 is 15.9 Å². The van der Waals surface area contributed by atoms with Crippen molar-refractivity contribution in [3.05, 3.63) is 71.8 Å². The molecule has 114 valence electrons. The van der Waals surface area contributed by atoms with Gasteiger partial charge in [-0.15, -0.1) is 0 Å². The van der Waals surface area contributed by atoms with Gasteiger partial charge in [-0.3, -0.25) is 4.79 Å². The monoisotopic (exact) mass is 357 g/mol. The number of hydrogen-bond donors (Lipinski definition) is 0. The standard InChI is InChI=1S/C19H20BrNO/c1-21-13-12-19(20,18(22)16-10-6-3-7-11-16)17(14-21)15-8-4-2-5-9-15/h2-11,17H,12-14H2,1H3. The maximum atomic E-state index is 13.1. The highest BCUT2D eigenvalue weighted by Gasteiger charge is 2.46. The highest BCUT2D eigenvalue weighted by molar-refractivity contribution is 9.10. The van der Waals surface area contributed by atoms with E-state index in [9.17, 15) is 4.79 Å². The number of piperidine rings is 1. The van der Waals surface area contributed by atoms with E-state index in [1.165, 1.54) is 5.56 Å². The molecule has 0 spiro atoms. The van der Waals surface area contributed by atoms with Crippen molar-refractivity contribution in [2.75, 3.05) is 20.1 Å². The fraction of sp³-hybridized carbons (Fsp3) is 0.316. The van der Waals surface area contributed by atoms with Crippen LogP contribution in [0.1, 0.15) is 28.3 Å². The van der Waals surface area contributed by atoms with Crippen LogP contribution in [0.15, 0.2) is 60.7 Å². The van der Waals surface area contributed by atoms with E-state index in [2.05, 4.69) is 40.0 Å². The molecule has 0 saturated carbocycles. The van der Waals surface area contributed by atoms with Crippen LogP contribution in [0.5, 0.6) is 0 Å². The van der Waals surface area contributed by atoms with Gasteiger partial charge in [0, 0.05) is 18.0 Å². The third kappa shape index (κ3) is 2.88. The van der Waals surface area contributed by atoms with E-state index >= 15 is 0 Å². The summed E-state index contributed by atoms with van der Waals surface area (Å²) >= 11 is 3.85. The molecule has 3 heteroatoms. The maximum Gasteiger partial charge on any atom is 0.180 e. The van der Waals surface area contributed by atoms with Gasteiger partial charge in [-0.25, -0.2) is 0 Å². The molecular weight excluding hydrogens is 338 g/mol. The molecule has 1 aliphatic heterocycles. The number of carbonyl (C=O) groups is 1. The van der Waals surface area contributed by atoms with Crippen LogP contribution in [0.25, 0.3) is 0 Å². The topological polar surface area (TPSA) is 20.3 Å². The van der Waals surface area contributed by atoms with E-state index in [4.69, 9.17) is 0 Å². The number of ketones is 1. The van der Waals surface area contributed by atoms with Crippen LogP contribution in [-0.4, -0.2) is 35.1 Å². The van der Waals surface area contributed by atoms with Crippen molar-refractivity contribution >= 4 is 21.7 Å². The molecule has 0 bridgehead atoms. The minimum atomic E-state index is -0.526. The van der Waals surface area contributed by atoms with Gasteiger partial charge in [-0.2, -0.15) is 0 Å². The summed E-state index contributed by atoms with van der Waals surface area (Å²) in [5.41, 5.74) is 2.00.